The zero-order valence-electron chi connectivity index (χ0n) is 21.3. The second-order valence-electron chi connectivity index (χ2n) is 8.64. The standard InChI is InChI=1S/C24H54O2SSi2/c1-9-17-19-23(28(13-5,14-6)25-21-11-3)27-24(20-18-10-2)29(15-7,16-8)26-22-12-4/h23-24H,9-22H2,1-8H3. The largest absolute Gasteiger partial charge is 0.416 e. The first-order valence-corrected chi connectivity index (χ1v) is 18.7. The normalized spacial score (nSPS) is 14.9. The van der Waals surface area contributed by atoms with Crippen molar-refractivity contribution in [2.45, 2.75) is 141 Å². The van der Waals surface area contributed by atoms with Crippen molar-refractivity contribution < 1.29 is 8.85 Å². The molecule has 0 aliphatic rings. The fourth-order valence-electron chi connectivity index (χ4n) is 4.50. The summed E-state index contributed by atoms with van der Waals surface area (Å²) in [4.78, 5) is 1.45. The van der Waals surface area contributed by atoms with Gasteiger partial charge in [0.1, 0.15) is 0 Å². The van der Waals surface area contributed by atoms with Crippen molar-refractivity contribution in [3.8, 4) is 0 Å². The van der Waals surface area contributed by atoms with Crippen LogP contribution in [-0.4, -0.2) is 39.6 Å². The summed E-state index contributed by atoms with van der Waals surface area (Å²) in [6.07, 6.45) is 10.2. The van der Waals surface area contributed by atoms with Gasteiger partial charge in [-0.25, -0.2) is 0 Å². The van der Waals surface area contributed by atoms with Gasteiger partial charge < -0.3 is 8.85 Å². The summed E-state index contributed by atoms with van der Waals surface area (Å²) in [6, 6.07) is 5.03. The summed E-state index contributed by atoms with van der Waals surface area (Å²) in [5.74, 6) is 0. The lowest BCUT2D eigenvalue weighted by Crippen LogP contribution is -2.53. The molecule has 0 rings (SSSR count). The summed E-state index contributed by atoms with van der Waals surface area (Å²) in [6.45, 7) is 20.7. The minimum atomic E-state index is -1.74. The number of thioether (sulfide) groups is 1. The Balaban J connectivity index is 5.88. The van der Waals surface area contributed by atoms with Crippen LogP contribution in [0.2, 0.25) is 24.2 Å². The first-order chi connectivity index (χ1) is 14.0. The van der Waals surface area contributed by atoms with E-state index in [2.05, 4.69) is 67.2 Å². The van der Waals surface area contributed by atoms with Gasteiger partial charge in [0, 0.05) is 23.0 Å². The van der Waals surface area contributed by atoms with E-state index < -0.39 is 16.6 Å². The van der Waals surface area contributed by atoms with Crippen LogP contribution < -0.4 is 0 Å². The highest BCUT2D eigenvalue weighted by atomic mass is 32.2. The molecule has 2 nitrogen and oxygen atoms in total. The van der Waals surface area contributed by atoms with Crippen LogP contribution in [0, 0.1) is 0 Å². The van der Waals surface area contributed by atoms with Gasteiger partial charge in [0.15, 0.2) is 0 Å². The molecule has 0 aromatic rings. The molecule has 0 bridgehead atoms. The summed E-state index contributed by atoms with van der Waals surface area (Å²) in [7, 11) is -3.48. The molecule has 0 spiro atoms. The van der Waals surface area contributed by atoms with E-state index in [9.17, 15) is 0 Å². The molecule has 29 heavy (non-hydrogen) atoms. The topological polar surface area (TPSA) is 18.5 Å². The monoisotopic (exact) mass is 462 g/mol. The molecule has 0 aliphatic carbocycles. The molecule has 2 unspecified atom stereocenters. The van der Waals surface area contributed by atoms with E-state index in [1.165, 1.54) is 62.7 Å². The summed E-state index contributed by atoms with van der Waals surface area (Å²) < 4.78 is 13.6. The Morgan fingerprint density at radius 1 is 0.552 bits per heavy atom. The lowest BCUT2D eigenvalue weighted by atomic mass is 10.3. The molecule has 0 amide bonds. The Labute approximate surface area is 190 Å². The zero-order chi connectivity index (χ0) is 22.2. The Morgan fingerprint density at radius 3 is 1.14 bits per heavy atom. The maximum atomic E-state index is 6.80. The zero-order valence-corrected chi connectivity index (χ0v) is 24.1. The van der Waals surface area contributed by atoms with Crippen LogP contribution in [0.15, 0.2) is 0 Å². The Hall–Kier alpha value is 0.704. The quantitative estimate of drug-likeness (QED) is 0.168. The molecule has 176 valence electrons. The molecule has 0 N–H and O–H groups in total. The van der Waals surface area contributed by atoms with Crippen molar-refractivity contribution in [2.24, 2.45) is 0 Å². The van der Waals surface area contributed by atoms with Crippen molar-refractivity contribution in [3.63, 3.8) is 0 Å². The maximum Gasteiger partial charge on any atom is 0.204 e. The van der Waals surface area contributed by atoms with Gasteiger partial charge in [-0.15, -0.1) is 0 Å². The molecular formula is C24H54O2SSi2. The van der Waals surface area contributed by atoms with Gasteiger partial charge >= 0.3 is 0 Å². The van der Waals surface area contributed by atoms with Crippen LogP contribution in [0.1, 0.15) is 107 Å². The molecular weight excluding hydrogens is 409 g/mol. The summed E-state index contributed by atoms with van der Waals surface area (Å²) in [5.41, 5.74) is 0. The summed E-state index contributed by atoms with van der Waals surface area (Å²) in [5, 5.41) is 0. The third-order valence-corrected chi connectivity index (χ3v) is 20.5. The fraction of sp³-hybridized carbons (Fsp3) is 1.00. The molecule has 0 aromatic heterocycles. The Morgan fingerprint density at radius 2 is 0.897 bits per heavy atom. The van der Waals surface area contributed by atoms with Crippen LogP contribution >= 0.6 is 11.8 Å². The molecule has 0 saturated heterocycles. The Kier molecular flexibility index (Phi) is 17.7. The molecule has 0 radical (unpaired) electrons. The first kappa shape index (κ1) is 29.7. The molecule has 0 aliphatic heterocycles. The van der Waals surface area contributed by atoms with E-state index in [0.29, 0.717) is 0 Å². The average molecular weight is 463 g/mol. The van der Waals surface area contributed by atoms with E-state index in [-0.39, 0.29) is 0 Å². The van der Waals surface area contributed by atoms with Crippen molar-refractivity contribution >= 4 is 28.4 Å². The van der Waals surface area contributed by atoms with E-state index in [4.69, 9.17) is 8.85 Å². The molecule has 0 aromatic carbocycles. The third-order valence-electron chi connectivity index (χ3n) is 6.72. The van der Waals surface area contributed by atoms with Crippen LogP contribution in [0.5, 0.6) is 0 Å². The minimum Gasteiger partial charge on any atom is -0.416 e. The Bertz CT molecular complexity index is 340. The van der Waals surface area contributed by atoms with E-state index in [0.717, 1.165) is 35.8 Å². The number of hydrogen-bond acceptors (Lipinski definition) is 3. The molecule has 0 saturated carbocycles. The van der Waals surface area contributed by atoms with E-state index >= 15 is 0 Å². The van der Waals surface area contributed by atoms with Crippen LogP contribution in [0.3, 0.4) is 0 Å². The average Bonchev–Trinajstić information content (AvgIpc) is 2.76. The molecule has 2 atom stereocenters. The van der Waals surface area contributed by atoms with Crippen LogP contribution in [-0.2, 0) is 8.85 Å². The fourth-order valence-corrected chi connectivity index (χ4v) is 18.0. The smallest absolute Gasteiger partial charge is 0.204 e. The molecule has 0 fully saturated rings. The van der Waals surface area contributed by atoms with Gasteiger partial charge in [-0.05, 0) is 49.9 Å². The van der Waals surface area contributed by atoms with Gasteiger partial charge in [0.25, 0.3) is 0 Å². The van der Waals surface area contributed by atoms with Gasteiger partial charge in [-0.3, -0.25) is 0 Å². The lowest BCUT2D eigenvalue weighted by Gasteiger charge is -2.43. The molecule has 0 heterocycles. The third kappa shape index (κ3) is 9.38. The van der Waals surface area contributed by atoms with Gasteiger partial charge in [-0.2, -0.15) is 11.8 Å². The van der Waals surface area contributed by atoms with Gasteiger partial charge in [0.05, 0.1) is 0 Å². The second-order valence-corrected chi connectivity index (χ2v) is 19.9. The van der Waals surface area contributed by atoms with E-state index in [1.54, 1.807) is 0 Å². The minimum absolute atomic E-state index is 0.723. The predicted molar refractivity (Wildman–Crippen MR) is 140 cm³/mol. The first-order valence-electron chi connectivity index (χ1n) is 12.9. The van der Waals surface area contributed by atoms with Crippen molar-refractivity contribution in [3.05, 3.63) is 0 Å². The van der Waals surface area contributed by atoms with Gasteiger partial charge in [0.2, 0.25) is 16.6 Å². The highest BCUT2D eigenvalue weighted by Crippen LogP contribution is 2.42. The van der Waals surface area contributed by atoms with Gasteiger partial charge in [-0.1, -0.05) is 81.1 Å². The SMILES string of the molecule is CCCCC(SC(CCCC)[Si](CC)(CC)OCCC)[Si](CC)(CC)OCCC. The van der Waals surface area contributed by atoms with E-state index in [1.807, 2.05) is 0 Å². The van der Waals surface area contributed by atoms with Crippen molar-refractivity contribution in [1.29, 1.82) is 0 Å². The summed E-state index contributed by atoms with van der Waals surface area (Å²) >= 11 is 2.36. The van der Waals surface area contributed by atoms with Crippen molar-refractivity contribution in [1.82, 2.24) is 0 Å². The van der Waals surface area contributed by atoms with Crippen LogP contribution in [0.4, 0.5) is 0 Å². The lowest BCUT2D eigenvalue weighted by molar-refractivity contribution is 0.293. The highest BCUT2D eigenvalue weighted by molar-refractivity contribution is 8.03. The van der Waals surface area contributed by atoms with Crippen LogP contribution in [0.25, 0.3) is 0 Å². The number of unbranched alkanes of at least 4 members (excludes halogenated alkanes) is 2. The van der Waals surface area contributed by atoms with Crippen molar-refractivity contribution in [2.75, 3.05) is 13.2 Å². The number of hydrogen-bond donors (Lipinski definition) is 0. The predicted octanol–water partition coefficient (Wildman–Crippen LogP) is 8.74. The highest BCUT2D eigenvalue weighted by Gasteiger charge is 2.46. The molecule has 5 heteroatoms. The number of rotatable bonds is 20. The second kappa shape index (κ2) is 17.3. The maximum absolute atomic E-state index is 6.80.